The fourth-order valence-electron chi connectivity index (χ4n) is 2.54. The van der Waals surface area contributed by atoms with Crippen LogP contribution in [0.2, 0.25) is 5.02 Å². The van der Waals surface area contributed by atoms with Gasteiger partial charge in [-0.1, -0.05) is 22.9 Å². The zero-order chi connectivity index (χ0) is 17.4. The van der Waals surface area contributed by atoms with Crippen molar-refractivity contribution in [3.63, 3.8) is 0 Å². The highest BCUT2D eigenvalue weighted by Crippen LogP contribution is 2.38. The Bertz CT molecular complexity index is 930. The van der Waals surface area contributed by atoms with Crippen LogP contribution in [-0.4, -0.2) is 31.2 Å². The standard InChI is InChI=1S/C17H13ClN2O4S/c1-22-12-6-9(18)2-3-10(12)16(21)20-17-19-11-7-13-14(8-15(11)25-17)24-5-4-23-13/h2-3,6-8H,4-5H2,1H3,(H,19,20,21). The maximum absolute atomic E-state index is 12.5. The van der Waals surface area contributed by atoms with Crippen LogP contribution in [-0.2, 0) is 0 Å². The molecule has 0 aliphatic carbocycles. The predicted octanol–water partition coefficient (Wildman–Crippen LogP) is 3.98. The topological polar surface area (TPSA) is 69.7 Å². The summed E-state index contributed by atoms with van der Waals surface area (Å²) in [6.07, 6.45) is 0. The third-order valence-corrected chi connectivity index (χ3v) is 4.85. The van der Waals surface area contributed by atoms with Crippen LogP contribution in [0.15, 0.2) is 30.3 Å². The molecule has 0 atom stereocenters. The molecule has 0 saturated carbocycles. The van der Waals surface area contributed by atoms with E-state index in [1.54, 1.807) is 18.2 Å². The fourth-order valence-corrected chi connectivity index (χ4v) is 3.57. The lowest BCUT2D eigenvalue weighted by atomic mass is 10.2. The van der Waals surface area contributed by atoms with E-state index in [4.69, 9.17) is 25.8 Å². The highest BCUT2D eigenvalue weighted by atomic mass is 35.5. The number of carbonyl (C=O) groups excluding carboxylic acids is 1. The molecule has 0 radical (unpaired) electrons. The van der Waals surface area contributed by atoms with Gasteiger partial charge in [0.1, 0.15) is 19.0 Å². The normalized spacial score (nSPS) is 12.9. The highest BCUT2D eigenvalue weighted by Gasteiger charge is 2.18. The average molecular weight is 377 g/mol. The van der Waals surface area contributed by atoms with Crippen LogP contribution >= 0.6 is 22.9 Å². The minimum absolute atomic E-state index is 0.315. The largest absolute Gasteiger partial charge is 0.496 e. The highest BCUT2D eigenvalue weighted by molar-refractivity contribution is 7.22. The Kier molecular flexibility index (Phi) is 4.10. The van der Waals surface area contributed by atoms with Gasteiger partial charge in [0, 0.05) is 17.2 Å². The molecule has 1 N–H and O–H groups in total. The van der Waals surface area contributed by atoms with Gasteiger partial charge in [-0.25, -0.2) is 4.98 Å². The molecule has 25 heavy (non-hydrogen) atoms. The molecule has 1 amide bonds. The first-order valence-corrected chi connectivity index (χ1v) is 8.68. The van der Waals surface area contributed by atoms with E-state index < -0.39 is 0 Å². The molecule has 2 heterocycles. The second kappa shape index (κ2) is 6.42. The monoisotopic (exact) mass is 376 g/mol. The molecule has 128 valence electrons. The Labute approximate surface area is 152 Å². The number of nitrogens with zero attached hydrogens (tertiary/aromatic N) is 1. The molecule has 6 nitrogen and oxygen atoms in total. The number of fused-ring (bicyclic) bond motifs is 2. The summed E-state index contributed by atoms with van der Waals surface area (Å²) in [7, 11) is 1.49. The van der Waals surface area contributed by atoms with Crippen molar-refractivity contribution in [3.05, 3.63) is 40.9 Å². The van der Waals surface area contributed by atoms with Gasteiger partial charge in [-0.15, -0.1) is 0 Å². The number of methoxy groups -OCH3 is 1. The van der Waals surface area contributed by atoms with Gasteiger partial charge in [0.15, 0.2) is 16.6 Å². The summed E-state index contributed by atoms with van der Waals surface area (Å²) in [5, 5.41) is 3.78. The van der Waals surface area contributed by atoms with E-state index >= 15 is 0 Å². The summed E-state index contributed by atoms with van der Waals surface area (Å²) < 4.78 is 17.2. The number of anilines is 1. The Hall–Kier alpha value is -2.51. The molecule has 8 heteroatoms. The van der Waals surface area contributed by atoms with Crippen molar-refractivity contribution >= 4 is 44.2 Å². The van der Waals surface area contributed by atoms with Gasteiger partial charge < -0.3 is 14.2 Å². The molecule has 1 aliphatic rings. The third kappa shape index (κ3) is 3.08. The van der Waals surface area contributed by atoms with E-state index in [-0.39, 0.29) is 5.91 Å². The number of ether oxygens (including phenoxy) is 3. The number of amides is 1. The van der Waals surface area contributed by atoms with E-state index in [2.05, 4.69) is 10.3 Å². The van der Waals surface area contributed by atoms with Crippen LogP contribution < -0.4 is 19.5 Å². The maximum atomic E-state index is 12.5. The molecule has 0 unspecified atom stereocenters. The predicted molar refractivity (Wildman–Crippen MR) is 96.6 cm³/mol. The molecular weight excluding hydrogens is 364 g/mol. The first kappa shape index (κ1) is 16.0. The van der Waals surface area contributed by atoms with Crippen molar-refractivity contribution in [3.8, 4) is 17.2 Å². The van der Waals surface area contributed by atoms with Crippen LogP contribution in [0.3, 0.4) is 0 Å². The second-order valence-electron chi connectivity index (χ2n) is 5.28. The minimum Gasteiger partial charge on any atom is -0.496 e. The van der Waals surface area contributed by atoms with Crippen molar-refractivity contribution < 1.29 is 19.0 Å². The van der Waals surface area contributed by atoms with Crippen LogP contribution in [0.1, 0.15) is 10.4 Å². The molecule has 0 fully saturated rings. The van der Waals surface area contributed by atoms with Gasteiger partial charge in [0.25, 0.3) is 5.91 Å². The van der Waals surface area contributed by atoms with Crippen LogP contribution in [0.5, 0.6) is 17.2 Å². The summed E-state index contributed by atoms with van der Waals surface area (Å²) in [6.45, 7) is 1.04. The lowest BCUT2D eigenvalue weighted by Crippen LogP contribution is -2.15. The summed E-state index contributed by atoms with van der Waals surface area (Å²) in [5.74, 6) is 1.45. The smallest absolute Gasteiger partial charge is 0.261 e. The van der Waals surface area contributed by atoms with E-state index in [0.29, 0.717) is 46.2 Å². The maximum Gasteiger partial charge on any atom is 0.261 e. The first-order valence-electron chi connectivity index (χ1n) is 7.49. The number of hydrogen-bond acceptors (Lipinski definition) is 6. The van der Waals surface area contributed by atoms with E-state index in [1.807, 2.05) is 12.1 Å². The Morgan fingerprint density at radius 1 is 1.24 bits per heavy atom. The summed E-state index contributed by atoms with van der Waals surface area (Å²) in [6, 6.07) is 8.54. The minimum atomic E-state index is -0.315. The zero-order valence-electron chi connectivity index (χ0n) is 13.2. The molecular formula is C17H13ClN2O4S. The molecule has 1 aliphatic heterocycles. The number of aromatic nitrogens is 1. The third-order valence-electron chi connectivity index (χ3n) is 3.68. The molecule has 1 aromatic heterocycles. The fraction of sp³-hybridized carbons (Fsp3) is 0.176. The van der Waals surface area contributed by atoms with Gasteiger partial charge in [-0.3, -0.25) is 10.1 Å². The Morgan fingerprint density at radius 2 is 2.00 bits per heavy atom. The van der Waals surface area contributed by atoms with Crippen molar-refractivity contribution in [1.82, 2.24) is 4.98 Å². The lowest BCUT2D eigenvalue weighted by molar-refractivity contribution is 0.102. The van der Waals surface area contributed by atoms with Crippen molar-refractivity contribution in [2.75, 3.05) is 25.6 Å². The average Bonchev–Trinajstić information content (AvgIpc) is 3.00. The SMILES string of the molecule is COc1cc(Cl)ccc1C(=O)Nc1nc2cc3c(cc2s1)OCCO3. The van der Waals surface area contributed by atoms with Crippen molar-refractivity contribution in [2.45, 2.75) is 0 Å². The van der Waals surface area contributed by atoms with Gasteiger partial charge >= 0.3 is 0 Å². The quantitative estimate of drug-likeness (QED) is 0.748. The van der Waals surface area contributed by atoms with Crippen molar-refractivity contribution in [1.29, 1.82) is 0 Å². The number of benzene rings is 2. The van der Waals surface area contributed by atoms with E-state index in [0.717, 1.165) is 10.2 Å². The molecule has 3 aromatic rings. The molecule has 2 aromatic carbocycles. The number of hydrogen-bond donors (Lipinski definition) is 1. The molecule has 0 spiro atoms. The summed E-state index contributed by atoms with van der Waals surface area (Å²) in [5.41, 5.74) is 1.13. The van der Waals surface area contributed by atoms with Gasteiger partial charge in [0.2, 0.25) is 0 Å². The summed E-state index contributed by atoms with van der Waals surface area (Å²) in [4.78, 5) is 17.0. The van der Waals surface area contributed by atoms with Gasteiger partial charge in [0.05, 0.1) is 22.9 Å². The Morgan fingerprint density at radius 3 is 2.76 bits per heavy atom. The first-order chi connectivity index (χ1) is 12.1. The second-order valence-corrected chi connectivity index (χ2v) is 6.75. The van der Waals surface area contributed by atoms with Gasteiger partial charge in [-0.05, 0) is 18.2 Å². The number of thiazole rings is 1. The number of rotatable bonds is 3. The van der Waals surface area contributed by atoms with Crippen LogP contribution in [0, 0.1) is 0 Å². The van der Waals surface area contributed by atoms with Gasteiger partial charge in [-0.2, -0.15) is 0 Å². The van der Waals surface area contributed by atoms with E-state index in [9.17, 15) is 4.79 Å². The van der Waals surface area contributed by atoms with E-state index in [1.165, 1.54) is 18.4 Å². The molecule has 4 rings (SSSR count). The Balaban J connectivity index is 1.63. The van der Waals surface area contributed by atoms with Crippen LogP contribution in [0.4, 0.5) is 5.13 Å². The molecule has 0 bridgehead atoms. The lowest BCUT2D eigenvalue weighted by Gasteiger charge is -2.17. The zero-order valence-corrected chi connectivity index (χ0v) is 14.7. The number of carbonyl (C=O) groups is 1. The van der Waals surface area contributed by atoms with Crippen molar-refractivity contribution in [2.24, 2.45) is 0 Å². The number of nitrogens with one attached hydrogen (secondary N) is 1. The molecule has 0 saturated heterocycles. The summed E-state index contributed by atoms with van der Waals surface area (Å²) >= 11 is 7.29. The van der Waals surface area contributed by atoms with Crippen LogP contribution in [0.25, 0.3) is 10.2 Å². The number of halogens is 1.